The predicted molar refractivity (Wildman–Crippen MR) is 109 cm³/mol. The molecule has 0 unspecified atom stereocenters. The maximum atomic E-state index is 11.7. The van der Waals surface area contributed by atoms with Gasteiger partial charge < -0.3 is 29.8 Å². The van der Waals surface area contributed by atoms with Crippen molar-refractivity contribution >= 4 is 10.2 Å². The van der Waals surface area contributed by atoms with Crippen molar-refractivity contribution in [3.8, 4) is 11.3 Å². The van der Waals surface area contributed by atoms with E-state index in [1.807, 2.05) is 6.07 Å². The van der Waals surface area contributed by atoms with E-state index in [1.165, 1.54) is 60.9 Å². The molecule has 2 aliphatic carbocycles. The third-order valence-corrected chi connectivity index (χ3v) is 5.66. The van der Waals surface area contributed by atoms with Gasteiger partial charge in [-0.2, -0.15) is 24.3 Å². The number of halogens is 3. The van der Waals surface area contributed by atoms with Crippen LogP contribution in [0, 0.1) is 12.0 Å². The van der Waals surface area contributed by atoms with E-state index in [4.69, 9.17) is 0 Å². The van der Waals surface area contributed by atoms with E-state index in [9.17, 15) is 4.39 Å². The van der Waals surface area contributed by atoms with Crippen molar-refractivity contribution in [3.63, 3.8) is 0 Å². The van der Waals surface area contributed by atoms with Gasteiger partial charge in [0.2, 0.25) is 0 Å². The fourth-order valence-corrected chi connectivity index (χ4v) is 3.99. The van der Waals surface area contributed by atoms with Crippen LogP contribution in [0.15, 0.2) is 60.7 Å². The van der Waals surface area contributed by atoms with Crippen LogP contribution in [0.5, 0.6) is 0 Å². The van der Waals surface area contributed by atoms with Gasteiger partial charge in [-0.15, -0.1) is 11.6 Å². The Labute approximate surface area is 208 Å². The first-order valence-electron chi connectivity index (χ1n) is 9.38. The van der Waals surface area contributed by atoms with Crippen LogP contribution in [0.4, 0.5) is 4.39 Å². The molecule has 0 bridgehead atoms. The molecule has 6 heteroatoms. The Hall–Kier alpha value is -0.670. The Kier molecular flexibility index (Phi) is 14.8. The van der Waals surface area contributed by atoms with Crippen molar-refractivity contribution in [1.82, 2.24) is 4.98 Å². The first-order chi connectivity index (χ1) is 12.7. The summed E-state index contributed by atoms with van der Waals surface area (Å²) in [5.74, 6) is -0.157. The molecule has 5 rings (SSSR count). The fourth-order valence-electron chi connectivity index (χ4n) is 3.41. The van der Waals surface area contributed by atoms with Gasteiger partial charge in [-0.3, -0.25) is 0 Å². The Morgan fingerprint density at radius 1 is 0.966 bits per heavy atom. The summed E-state index contributed by atoms with van der Waals surface area (Å²) in [6, 6.07) is 18.6. The van der Waals surface area contributed by atoms with Gasteiger partial charge in [-0.1, -0.05) is 73.7 Å². The summed E-state index contributed by atoms with van der Waals surface area (Å²) in [7, 11) is 2.18. The molecular weight excluding hydrogens is 499 g/mol. The Morgan fingerprint density at radius 3 is 2.24 bits per heavy atom. The van der Waals surface area contributed by atoms with E-state index >= 15 is 0 Å². The van der Waals surface area contributed by atoms with Crippen LogP contribution in [0.3, 0.4) is 0 Å². The Balaban J connectivity index is 0.000000425. The summed E-state index contributed by atoms with van der Waals surface area (Å²) < 4.78 is 11.7. The SMILES string of the molecule is Fc1ccc[cH-]1.[Cl-].[Cl-].[SiH2]C1CCCCC1.[Zr+4].[c-]1ccc2c(n1)-c1ccccc1C2. The molecule has 1 aromatic heterocycles. The van der Waals surface area contributed by atoms with Crippen molar-refractivity contribution in [3.05, 3.63) is 83.8 Å². The maximum Gasteiger partial charge on any atom is 4.00 e. The number of aromatic nitrogens is 1. The second-order valence-corrected chi connectivity index (χ2v) is 8.04. The summed E-state index contributed by atoms with van der Waals surface area (Å²) in [6.45, 7) is 0. The zero-order chi connectivity index (χ0) is 18.2. The van der Waals surface area contributed by atoms with Gasteiger partial charge in [-0.05, 0) is 17.7 Å². The minimum Gasteiger partial charge on any atom is -1.00 e. The van der Waals surface area contributed by atoms with Gasteiger partial charge in [0.15, 0.2) is 0 Å². The molecule has 0 saturated heterocycles. The summed E-state index contributed by atoms with van der Waals surface area (Å²) in [5, 5.41) is 0. The van der Waals surface area contributed by atoms with E-state index in [0.717, 1.165) is 17.7 Å². The normalized spacial score (nSPS) is 13.4. The molecule has 1 heterocycles. The van der Waals surface area contributed by atoms with Crippen molar-refractivity contribution in [2.24, 2.45) is 0 Å². The summed E-state index contributed by atoms with van der Waals surface area (Å²) in [5.41, 5.74) is 6.14. The van der Waals surface area contributed by atoms with Gasteiger partial charge >= 0.3 is 26.2 Å². The van der Waals surface area contributed by atoms with Gasteiger partial charge in [-0.25, -0.2) is 10.5 Å². The smallest absolute Gasteiger partial charge is 1.00 e. The van der Waals surface area contributed by atoms with Crippen LogP contribution in [-0.2, 0) is 32.6 Å². The predicted octanol–water partition coefficient (Wildman–Crippen LogP) is -0.625. The van der Waals surface area contributed by atoms with Gasteiger partial charge in [0.05, 0.1) is 0 Å². The number of nitrogens with zero attached hydrogens (tertiary/aromatic N) is 1. The van der Waals surface area contributed by atoms with Crippen LogP contribution < -0.4 is 24.8 Å². The Morgan fingerprint density at radius 2 is 1.69 bits per heavy atom. The summed E-state index contributed by atoms with van der Waals surface area (Å²) >= 11 is 0. The van der Waals surface area contributed by atoms with Crippen molar-refractivity contribution < 1.29 is 55.4 Å². The van der Waals surface area contributed by atoms with Crippen molar-refractivity contribution in [2.75, 3.05) is 0 Å². The van der Waals surface area contributed by atoms with Crippen LogP contribution in [-0.4, -0.2) is 15.2 Å². The quantitative estimate of drug-likeness (QED) is 0.221. The molecule has 1 fully saturated rings. The minimum atomic E-state index is -0.157. The second kappa shape index (κ2) is 15.2. The standard InChI is InChI=1S/C12H8N.C6H13Si.C5H4F.2ClH.Zr/c1-2-6-11-9(4-1)8-10-5-3-7-13-12(10)11;7-6-4-2-1-3-5-6;6-5-3-1-2-4-5;;;/h1-6H,8H2;6H,1-5,7H2;1-4H;2*1H;/q-1;;-1;;;+4/p-2. The first kappa shape index (κ1) is 28.3. The van der Waals surface area contributed by atoms with Crippen LogP contribution in [0.2, 0.25) is 5.54 Å². The number of pyridine rings is 1. The molecule has 1 radical (unpaired) electrons. The number of hydrogen-bond acceptors (Lipinski definition) is 1. The van der Waals surface area contributed by atoms with Gasteiger partial charge in [0.25, 0.3) is 0 Å². The zero-order valence-electron chi connectivity index (χ0n) is 16.4. The summed E-state index contributed by atoms with van der Waals surface area (Å²) in [4.78, 5) is 4.28. The molecule has 2 aromatic carbocycles. The molecular formula is C23H25Cl2FNSiZr. The monoisotopic (exact) mass is 522 g/mol. The third kappa shape index (κ3) is 8.92. The van der Waals surface area contributed by atoms with E-state index in [-0.39, 0.29) is 56.8 Å². The molecule has 1 saturated carbocycles. The second-order valence-electron chi connectivity index (χ2n) is 6.89. The maximum absolute atomic E-state index is 11.7. The van der Waals surface area contributed by atoms with Gasteiger partial charge in [0.1, 0.15) is 0 Å². The third-order valence-electron chi connectivity index (χ3n) is 4.84. The van der Waals surface area contributed by atoms with Crippen LogP contribution >= 0.6 is 0 Å². The molecule has 0 amide bonds. The molecule has 0 aliphatic heterocycles. The molecule has 2 aliphatic rings. The fraction of sp³-hybridized carbons (Fsp3) is 0.304. The number of benzene rings is 1. The molecule has 0 spiro atoms. The average Bonchev–Trinajstić information content (AvgIpc) is 3.30. The molecule has 0 atom stereocenters. The molecule has 1 nitrogen and oxygen atoms in total. The molecule has 3 aromatic rings. The van der Waals surface area contributed by atoms with E-state index in [2.05, 4.69) is 51.8 Å². The van der Waals surface area contributed by atoms with Crippen molar-refractivity contribution in [2.45, 2.75) is 44.1 Å². The van der Waals surface area contributed by atoms with Crippen LogP contribution in [0.25, 0.3) is 11.3 Å². The summed E-state index contributed by atoms with van der Waals surface area (Å²) in [6.07, 6.45) is 11.4. The number of hydrogen-bond donors (Lipinski definition) is 0. The van der Waals surface area contributed by atoms with E-state index in [1.54, 1.807) is 12.1 Å². The molecule has 0 N–H and O–H groups in total. The van der Waals surface area contributed by atoms with Gasteiger partial charge in [0, 0.05) is 16.1 Å². The Bertz CT molecular complexity index is 765. The van der Waals surface area contributed by atoms with Crippen molar-refractivity contribution in [1.29, 1.82) is 0 Å². The largest absolute Gasteiger partial charge is 4.00 e. The first-order valence-corrected chi connectivity index (χ1v) is 10.2. The van der Waals surface area contributed by atoms with Crippen LogP contribution in [0.1, 0.15) is 43.2 Å². The van der Waals surface area contributed by atoms with E-state index in [0.29, 0.717) is 0 Å². The van der Waals surface area contributed by atoms with E-state index < -0.39 is 0 Å². The number of fused-ring (bicyclic) bond motifs is 3. The topological polar surface area (TPSA) is 12.9 Å². The average molecular weight is 525 g/mol. The molecule has 151 valence electrons. The zero-order valence-corrected chi connectivity index (χ0v) is 21.8. The molecule has 29 heavy (non-hydrogen) atoms. The minimum absolute atomic E-state index is 0. The number of rotatable bonds is 0.